The first-order chi connectivity index (χ1) is 7.26. The smallest absolute Gasteiger partial charge is 0.384 e. The van der Waals surface area contributed by atoms with E-state index in [4.69, 9.17) is 9.84 Å². The molecule has 0 aromatic carbocycles. The molecule has 0 bridgehead atoms. The van der Waals surface area contributed by atoms with E-state index >= 15 is 0 Å². The second-order valence-corrected chi connectivity index (χ2v) is 3.89. The van der Waals surface area contributed by atoms with Crippen LogP contribution in [0.1, 0.15) is 32.6 Å². The average molecular weight is 210 g/mol. The summed E-state index contributed by atoms with van der Waals surface area (Å²) in [5.74, 6) is 5.77. The molecule has 84 valence electrons. The third kappa shape index (κ3) is 4.35. The Morgan fingerprint density at radius 2 is 2.07 bits per heavy atom. The van der Waals surface area contributed by atoms with Crippen molar-refractivity contribution in [3.05, 3.63) is 0 Å². The van der Waals surface area contributed by atoms with Crippen molar-refractivity contribution in [2.75, 3.05) is 13.2 Å². The van der Waals surface area contributed by atoms with Crippen LogP contribution in [0, 0.1) is 23.7 Å². The van der Waals surface area contributed by atoms with Gasteiger partial charge in [0.2, 0.25) is 0 Å². The highest BCUT2D eigenvalue weighted by Gasteiger charge is 2.18. The highest BCUT2D eigenvalue weighted by Crippen LogP contribution is 2.27. The molecule has 0 unspecified atom stereocenters. The molecule has 0 amide bonds. The van der Waals surface area contributed by atoms with Crippen LogP contribution in [0.15, 0.2) is 0 Å². The molecule has 1 N–H and O–H groups in total. The first-order valence-corrected chi connectivity index (χ1v) is 5.55. The van der Waals surface area contributed by atoms with Gasteiger partial charge in [-0.15, -0.1) is 0 Å². The van der Waals surface area contributed by atoms with Crippen molar-refractivity contribution in [1.29, 1.82) is 0 Å². The van der Waals surface area contributed by atoms with Gasteiger partial charge in [0.15, 0.2) is 0 Å². The summed E-state index contributed by atoms with van der Waals surface area (Å²) in [6.07, 6.45) is 3.99. The maximum absolute atomic E-state index is 11.0. The molecule has 0 radical (unpaired) electrons. The van der Waals surface area contributed by atoms with Gasteiger partial charge in [0.25, 0.3) is 0 Å². The lowest BCUT2D eigenvalue weighted by atomic mass is 9.83. The van der Waals surface area contributed by atoms with E-state index in [0.717, 1.165) is 25.7 Å². The number of hydrogen-bond donors (Lipinski definition) is 1. The third-order valence-corrected chi connectivity index (χ3v) is 2.76. The molecule has 3 nitrogen and oxygen atoms in total. The van der Waals surface area contributed by atoms with Gasteiger partial charge in [-0.3, -0.25) is 0 Å². The zero-order valence-corrected chi connectivity index (χ0v) is 9.16. The fraction of sp³-hybridized carbons (Fsp3) is 0.750. The minimum Gasteiger partial charge on any atom is -0.456 e. The monoisotopic (exact) mass is 210 g/mol. The number of aliphatic hydroxyl groups is 1. The van der Waals surface area contributed by atoms with E-state index < -0.39 is 5.97 Å². The van der Waals surface area contributed by atoms with Crippen LogP contribution in [0.2, 0.25) is 0 Å². The lowest BCUT2D eigenvalue weighted by molar-refractivity contribution is -0.136. The summed E-state index contributed by atoms with van der Waals surface area (Å²) < 4.78 is 4.72. The lowest BCUT2D eigenvalue weighted by Crippen LogP contribution is -2.16. The van der Waals surface area contributed by atoms with Crippen LogP contribution in [-0.2, 0) is 9.53 Å². The minimum atomic E-state index is -0.429. The van der Waals surface area contributed by atoms with Crippen molar-refractivity contribution in [1.82, 2.24) is 0 Å². The van der Waals surface area contributed by atoms with Crippen molar-refractivity contribution >= 4 is 5.97 Å². The van der Waals surface area contributed by atoms with Crippen LogP contribution >= 0.6 is 0 Å². The normalized spacial score (nSPS) is 25.2. The summed E-state index contributed by atoms with van der Waals surface area (Å²) in [6, 6.07) is 0. The molecular weight excluding hydrogens is 192 g/mol. The van der Waals surface area contributed by atoms with Gasteiger partial charge in [0.05, 0.1) is 6.61 Å². The third-order valence-electron chi connectivity index (χ3n) is 2.76. The number of esters is 1. The van der Waals surface area contributed by atoms with Gasteiger partial charge >= 0.3 is 5.97 Å². The summed E-state index contributed by atoms with van der Waals surface area (Å²) in [4.78, 5) is 11.0. The average Bonchev–Trinajstić information content (AvgIpc) is 2.27. The molecule has 1 saturated carbocycles. The number of rotatable bonds is 2. The molecule has 1 rings (SSSR count). The number of hydrogen-bond acceptors (Lipinski definition) is 3. The summed E-state index contributed by atoms with van der Waals surface area (Å²) in [5, 5.41) is 8.96. The largest absolute Gasteiger partial charge is 0.456 e. The Balaban J connectivity index is 2.31. The Labute approximate surface area is 90.8 Å². The van der Waals surface area contributed by atoms with Crippen LogP contribution in [0.5, 0.6) is 0 Å². The van der Waals surface area contributed by atoms with E-state index in [2.05, 4.69) is 11.8 Å². The fourth-order valence-corrected chi connectivity index (χ4v) is 1.82. The molecule has 0 aromatic rings. The van der Waals surface area contributed by atoms with Gasteiger partial charge in [0, 0.05) is 18.4 Å². The van der Waals surface area contributed by atoms with Crippen LogP contribution in [0.25, 0.3) is 0 Å². The number of carbonyl (C=O) groups excluding carboxylic acids is 1. The highest BCUT2D eigenvalue weighted by molar-refractivity contribution is 5.88. The molecule has 15 heavy (non-hydrogen) atoms. The van der Waals surface area contributed by atoms with Gasteiger partial charge in [-0.25, -0.2) is 4.79 Å². The van der Waals surface area contributed by atoms with E-state index in [-0.39, 0.29) is 6.61 Å². The molecule has 1 aliphatic carbocycles. The Bertz CT molecular complexity index is 254. The Hall–Kier alpha value is -1.01. The Morgan fingerprint density at radius 3 is 2.60 bits per heavy atom. The summed E-state index contributed by atoms with van der Waals surface area (Å²) in [7, 11) is 0. The molecule has 0 aliphatic heterocycles. The fourth-order valence-electron chi connectivity index (χ4n) is 1.82. The van der Waals surface area contributed by atoms with Crippen LogP contribution in [0.4, 0.5) is 0 Å². The van der Waals surface area contributed by atoms with E-state index in [1.165, 1.54) is 0 Å². The molecule has 0 atom stereocenters. The summed E-state index contributed by atoms with van der Waals surface area (Å²) in [6.45, 7) is 2.43. The Morgan fingerprint density at radius 1 is 1.40 bits per heavy atom. The second-order valence-electron chi connectivity index (χ2n) is 3.89. The van der Waals surface area contributed by atoms with Crippen LogP contribution < -0.4 is 0 Å². The summed E-state index contributed by atoms with van der Waals surface area (Å²) in [5.41, 5.74) is 0. The predicted molar refractivity (Wildman–Crippen MR) is 56.9 cm³/mol. The number of ether oxygens (including phenoxy) is 1. The highest BCUT2D eigenvalue weighted by atomic mass is 16.5. The molecular formula is C12H18O3. The van der Waals surface area contributed by atoms with Gasteiger partial charge in [-0.05, 0) is 38.5 Å². The first-order valence-electron chi connectivity index (χ1n) is 5.55. The van der Waals surface area contributed by atoms with E-state index in [9.17, 15) is 4.79 Å². The van der Waals surface area contributed by atoms with Crippen LogP contribution in [0.3, 0.4) is 0 Å². The van der Waals surface area contributed by atoms with E-state index in [1.54, 1.807) is 6.92 Å². The van der Waals surface area contributed by atoms with Crippen molar-refractivity contribution in [2.45, 2.75) is 32.6 Å². The van der Waals surface area contributed by atoms with Crippen molar-refractivity contribution in [3.8, 4) is 11.8 Å². The molecule has 0 spiro atoms. The van der Waals surface area contributed by atoms with Gasteiger partial charge < -0.3 is 9.84 Å². The lowest BCUT2D eigenvalue weighted by Gasteiger charge is -2.23. The maximum atomic E-state index is 11.0. The topological polar surface area (TPSA) is 46.5 Å². The first kappa shape index (κ1) is 12.1. The van der Waals surface area contributed by atoms with E-state index in [1.807, 2.05) is 0 Å². The van der Waals surface area contributed by atoms with Crippen molar-refractivity contribution in [2.24, 2.45) is 11.8 Å². The quantitative estimate of drug-likeness (QED) is 0.425. The standard InChI is InChI=1S/C12H18O3/c1-2-15-12(14)8-7-10-3-5-11(9-13)6-4-10/h10-11,13H,2-6,9H2,1H3. The number of aliphatic hydroxyl groups excluding tert-OH is 1. The van der Waals surface area contributed by atoms with Gasteiger partial charge in [-0.1, -0.05) is 5.92 Å². The molecule has 0 heterocycles. The van der Waals surface area contributed by atoms with Crippen molar-refractivity contribution in [3.63, 3.8) is 0 Å². The summed E-state index contributed by atoms with van der Waals surface area (Å²) >= 11 is 0. The minimum absolute atomic E-state index is 0.276. The van der Waals surface area contributed by atoms with Gasteiger partial charge in [-0.2, -0.15) is 0 Å². The van der Waals surface area contributed by atoms with Gasteiger partial charge in [0.1, 0.15) is 0 Å². The molecule has 0 saturated heterocycles. The molecule has 1 aliphatic rings. The van der Waals surface area contributed by atoms with Crippen LogP contribution in [-0.4, -0.2) is 24.3 Å². The van der Waals surface area contributed by atoms with E-state index in [0.29, 0.717) is 18.4 Å². The molecule has 3 heteroatoms. The maximum Gasteiger partial charge on any atom is 0.384 e. The van der Waals surface area contributed by atoms with Crippen molar-refractivity contribution < 1.29 is 14.6 Å². The second kappa shape index (κ2) is 6.47. The zero-order valence-electron chi connectivity index (χ0n) is 9.16. The predicted octanol–water partition coefficient (Wildman–Crippen LogP) is 1.35. The molecule has 1 fully saturated rings. The Kier molecular flexibility index (Phi) is 5.20. The zero-order chi connectivity index (χ0) is 11.1. The molecule has 0 aromatic heterocycles. The SMILES string of the molecule is CCOC(=O)C#CC1CCC(CO)CC1. The number of carbonyl (C=O) groups is 1.